The van der Waals surface area contributed by atoms with E-state index in [1.807, 2.05) is 0 Å². The molecule has 4 nitrogen and oxygen atoms in total. The van der Waals surface area contributed by atoms with Crippen LogP contribution in [0.2, 0.25) is 0 Å². The van der Waals surface area contributed by atoms with Crippen LogP contribution in [-0.2, 0) is 0 Å². The molecule has 1 N–H and O–H groups in total. The van der Waals surface area contributed by atoms with Crippen LogP contribution in [0.4, 0.5) is 0 Å². The Morgan fingerprint density at radius 3 is 2.33 bits per heavy atom. The van der Waals surface area contributed by atoms with Crippen LogP contribution in [0.1, 0.15) is 14.6 Å². The van der Waals surface area contributed by atoms with Crippen molar-refractivity contribution in [2.75, 3.05) is 0 Å². The Bertz CT molecular complexity index is 260. The van der Waals surface area contributed by atoms with Crippen LogP contribution >= 0.6 is 0 Å². The third kappa shape index (κ3) is 2.76. The quantitative estimate of drug-likeness (QED) is 0.316. The van der Waals surface area contributed by atoms with Crippen LogP contribution < -0.4 is 0 Å². The van der Waals surface area contributed by atoms with Crippen LogP contribution in [0, 0.1) is 10.1 Å². The third-order valence-corrected chi connectivity index (χ3v) is 1.30. The van der Waals surface area contributed by atoms with Gasteiger partial charge in [-0.15, -0.1) is 0 Å². The first kappa shape index (κ1) is 11.3. The average Bonchev–Trinajstić information content (AvgIpc) is 2.05. The Hall–Kier alpha value is -0.654. The molecule has 0 aromatic heterocycles. The molecule has 0 fully saturated rings. The molecule has 0 spiro atoms. The second-order valence-electron chi connectivity index (χ2n) is 2.07. The van der Waals surface area contributed by atoms with Gasteiger partial charge in [0.05, 0.1) is 10.5 Å². The van der Waals surface area contributed by atoms with E-state index >= 15 is 0 Å². The maximum Gasteiger partial charge on any atom is 2.00 e. The van der Waals surface area contributed by atoms with Crippen molar-refractivity contribution in [3.63, 3.8) is 0 Å². The van der Waals surface area contributed by atoms with Gasteiger partial charge in [-0.3, -0.25) is 10.1 Å². The van der Waals surface area contributed by atoms with E-state index in [1.165, 1.54) is 12.1 Å². The summed E-state index contributed by atoms with van der Waals surface area (Å²) in [7, 11) is 0. The number of aliphatic hydroxyl groups is 1. The molecule has 5 heteroatoms. The zero-order valence-electron chi connectivity index (χ0n) is 8.38. The number of nitrogens with zero attached hydrogens (tertiary/aromatic N) is 1. The normalized spacial score (nSPS) is 11.4. The maximum atomic E-state index is 10.1. The molecular formula is C7H9MgNO3. The summed E-state index contributed by atoms with van der Waals surface area (Å²) >= 11 is 0. The Morgan fingerprint density at radius 1 is 1.42 bits per heavy atom. The van der Waals surface area contributed by atoms with E-state index < -0.39 is 11.2 Å². The summed E-state index contributed by atoms with van der Waals surface area (Å²) < 4.78 is 0. The van der Waals surface area contributed by atoms with Crippen molar-refractivity contribution in [3.8, 4) is 0 Å². The number of rotatable bonds is 2. The molecule has 0 aliphatic heterocycles. The van der Waals surface area contributed by atoms with Crippen molar-refractivity contribution in [1.29, 1.82) is 0 Å². The minimum absolute atomic E-state index is 0. The van der Waals surface area contributed by atoms with Gasteiger partial charge in [0.25, 0.3) is 0 Å². The van der Waals surface area contributed by atoms with E-state index in [0.717, 1.165) is 0 Å². The molecule has 1 aromatic rings. The van der Waals surface area contributed by atoms with Crippen LogP contribution in [0.25, 0.3) is 0 Å². The fourth-order valence-electron chi connectivity index (χ4n) is 0.747. The molecule has 1 rings (SSSR count). The van der Waals surface area contributed by atoms with Crippen molar-refractivity contribution in [2.45, 2.75) is 6.23 Å². The zero-order valence-corrected chi connectivity index (χ0v) is 7.80. The zero-order chi connectivity index (χ0) is 8.27. The van der Waals surface area contributed by atoms with E-state index in [9.17, 15) is 10.1 Å². The van der Waals surface area contributed by atoms with Crippen LogP contribution in [-0.4, -0.2) is 33.1 Å². The third-order valence-electron chi connectivity index (χ3n) is 1.30. The second-order valence-corrected chi connectivity index (χ2v) is 2.07. The van der Waals surface area contributed by atoms with Crippen LogP contribution in [0.15, 0.2) is 30.3 Å². The fraction of sp³-hybridized carbons (Fsp3) is 0.143. The van der Waals surface area contributed by atoms with Gasteiger partial charge >= 0.3 is 29.3 Å². The Morgan fingerprint density at radius 2 is 1.92 bits per heavy atom. The second kappa shape index (κ2) is 5.07. The van der Waals surface area contributed by atoms with Crippen LogP contribution in [0.3, 0.4) is 0 Å². The monoisotopic (exact) mass is 179 g/mol. The predicted molar refractivity (Wildman–Crippen MR) is 46.4 cm³/mol. The summed E-state index contributed by atoms with van der Waals surface area (Å²) in [5, 5.41) is 19.0. The van der Waals surface area contributed by atoms with Crippen molar-refractivity contribution < 1.29 is 12.9 Å². The summed E-state index contributed by atoms with van der Waals surface area (Å²) in [5.41, 5.74) is 0.303. The predicted octanol–water partition coefficient (Wildman–Crippen LogP) is 0.798. The molecule has 0 radical (unpaired) electrons. The minimum Gasteiger partial charge on any atom is -1.00 e. The van der Waals surface area contributed by atoms with Gasteiger partial charge in [0, 0.05) is 0 Å². The summed E-state index contributed by atoms with van der Waals surface area (Å²) in [5.74, 6) is 0. The first-order valence-electron chi connectivity index (χ1n) is 3.08. The molecule has 0 saturated heterocycles. The molecule has 0 heterocycles. The van der Waals surface area contributed by atoms with Gasteiger partial charge in [-0.25, -0.2) is 0 Å². The Kier molecular flexibility index (Phi) is 4.80. The first-order valence-corrected chi connectivity index (χ1v) is 3.08. The molecule has 12 heavy (non-hydrogen) atoms. The molecule has 0 saturated carbocycles. The van der Waals surface area contributed by atoms with Gasteiger partial charge in [0.2, 0.25) is 0 Å². The molecule has 1 aromatic carbocycles. The SMILES string of the molecule is O=[N+]([O-])C(O)c1ccccc1.[H-].[H-].[Mg+2]. The molecular weight excluding hydrogens is 170 g/mol. The first-order chi connectivity index (χ1) is 5.22. The number of aliphatic hydroxyl groups excluding tert-OH is 1. The van der Waals surface area contributed by atoms with Crippen molar-refractivity contribution in [1.82, 2.24) is 0 Å². The summed E-state index contributed by atoms with van der Waals surface area (Å²) in [4.78, 5) is 9.31. The van der Waals surface area contributed by atoms with Gasteiger partial charge in [-0.05, 0) is 12.1 Å². The smallest absolute Gasteiger partial charge is 1.00 e. The van der Waals surface area contributed by atoms with E-state index in [-0.39, 0.29) is 25.9 Å². The number of nitro groups is 1. The number of hydrogen-bond donors (Lipinski definition) is 1. The fourth-order valence-corrected chi connectivity index (χ4v) is 0.747. The van der Waals surface area contributed by atoms with Crippen molar-refractivity contribution >= 4 is 23.1 Å². The maximum absolute atomic E-state index is 10.1. The largest absolute Gasteiger partial charge is 2.00 e. The Labute approximate surface area is 88.5 Å². The van der Waals surface area contributed by atoms with Gasteiger partial charge in [0.1, 0.15) is 0 Å². The molecule has 1 unspecified atom stereocenters. The van der Waals surface area contributed by atoms with Gasteiger partial charge in [-0.1, -0.05) is 18.2 Å². The molecule has 0 aliphatic rings. The summed E-state index contributed by atoms with van der Waals surface area (Å²) in [6.45, 7) is 0. The molecule has 0 bridgehead atoms. The van der Waals surface area contributed by atoms with Gasteiger partial charge in [-0.2, -0.15) is 0 Å². The standard InChI is InChI=1S/C7H7NO3.Mg.2H/c9-7(8(10)11)6-4-2-1-3-5-6;;;/h1-5,7,9H;;;/q;+2;2*-1. The Balaban J connectivity index is -0.000000403. The van der Waals surface area contributed by atoms with E-state index in [4.69, 9.17) is 5.11 Å². The minimum atomic E-state index is -1.60. The molecule has 0 aliphatic carbocycles. The number of hydrogen-bond acceptors (Lipinski definition) is 3. The van der Waals surface area contributed by atoms with Gasteiger partial charge < -0.3 is 7.96 Å². The van der Waals surface area contributed by atoms with Crippen molar-refractivity contribution in [3.05, 3.63) is 46.0 Å². The van der Waals surface area contributed by atoms with E-state index in [2.05, 4.69) is 0 Å². The molecule has 62 valence electrons. The number of benzene rings is 1. The summed E-state index contributed by atoms with van der Waals surface area (Å²) in [6, 6.07) is 8.03. The van der Waals surface area contributed by atoms with Crippen LogP contribution in [0.5, 0.6) is 0 Å². The summed E-state index contributed by atoms with van der Waals surface area (Å²) in [6.07, 6.45) is -1.60. The van der Waals surface area contributed by atoms with E-state index in [1.54, 1.807) is 18.2 Å². The van der Waals surface area contributed by atoms with Gasteiger partial charge in [0.15, 0.2) is 0 Å². The van der Waals surface area contributed by atoms with E-state index in [0.29, 0.717) is 5.56 Å². The molecule has 1 atom stereocenters. The van der Waals surface area contributed by atoms with Crippen molar-refractivity contribution in [2.24, 2.45) is 0 Å². The molecule has 0 amide bonds. The topological polar surface area (TPSA) is 63.4 Å². The average molecular weight is 179 g/mol.